The number of aromatic hydroxyl groups is 1. The smallest absolute Gasteiger partial charge is 0.255 e. The summed E-state index contributed by atoms with van der Waals surface area (Å²) in [4.78, 5) is 45.5. The van der Waals surface area contributed by atoms with E-state index in [1.54, 1.807) is 38.9 Å². The number of phenols is 1. The molecule has 11 nitrogen and oxygen atoms in total. The number of primary amides is 1. The molecule has 6 N–H and O–H groups in total. The third-order valence-corrected chi connectivity index (χ3v) is 7.01. The van der Waals surface area contributed by atoms with E-state index in [2.05, 4.69) is 5.16 Å². The third-order valence-electron chi connectivity index (χ3n) is 7.01. The Morgan fingerprint density at radius 2 is 1.92 bits per heavy atom. The Morgan fingerprint density at radius 1 is 1.25 bits per heavy atom. The zero-order valence-corrected chi connectivity index (χ0v) is 20.4. The maximum Gasteiger partial charge on any atom is 0.255 e. The molecule has 0 unspecified atom stereocenters. The van der Waals surface area contributed by atoms with Crippen LogP contribution >= 0.6 is 0 Å². The van der Waals surface area contributed by atoms with Gasteiger partial charge < -0.3 is 35.9 Å². The number of rotatable bonds is 5. The number of fused-ring (bicyclic) bond motifs is 3. The fourth-order valence-electron chi connectivity index (χ4n) is 5.39. The predicted molar refractivity (Wildman–Crippen MR) is 129 cm³/mol. The number of nitrogens with zero attached hydrogens (tertiary/aromatic N) is 2. The van der Waals surface area contributed by atoms with Gasteiger partial charge in [-0.05, 0) is 44.2 Å². The van der Waals surface area contributed by atoms with Gasteiger partial charge in [0, 0.05) is 43.3 Å². The van der Waals surface area contributed by atoms with Crippen LogP contribution in [0.4, 0.5) is 5.69 Å². The highest BCUT2D eigenvalue weighted by Crippen LogP contribution is 2.52. The number of oxime groups is 1. The maximum atomic E-state index is 13.7. The van der Waals surface area contributed by atoms with E-state index in [9.17, 15) is 34.8 Å². The van der Waals surface area contributed by atoms with Gasteiger partial charge in [0.05, 0.1) is 11.8 Å². The zero-order valence-electron chi connectivity index (χ0n) is 20.4. The second kappa shape index (κ2) is 8.66. The average molecular weight is 500 g/mol. The number of phenolic OH excluding ortho intramolecular Hbond substituents is 1. The van der Waals surface area contributed by atoms with E-state index in [4.69, 9.17) is 10.6 Å². The van der Waals surface area contributed by atoms with Crippen molar-refractivity contribution in [3.63, 3.8) is 0 Å². The number of aliphatic hydroxyl groups is 3. The number of carbonyl (C=O) groups excluding carboxylic acids is 3. The van der Waals surface area contributed by atoms with Crippen molar-refractivity contribution in [1.82, 2.24) is 0 Å². The minimum atomic E-state index is -2.60. The Kier molecular flexibility index (Phi) is 6.07. The first-order valence-corrected chi connectivity index (χ1v) is 11.5. The number of ketones is 2. The third kappa shape index (κ3) is 3.62. The summed E-state index contributed by atoms with van der Waals surface area (Å²) in [5, 5.41) is 47.6. The summed E-state index contributed by atoms with van der Waals surface area (Å²) in [6.07, 6.45) is 1.09. The molecule has 0 saturated carbocycles. The van der Waals surface area contributed by atoms with Gasteiger partial charge in [-0.15, -0.1) is 0 Å². The van der Waals surface area contributed by atoms with Gasteiger partial charge in [-0.2, -0.15) is 0 Å². The molecule has 3 atom stereocenters. The first-order chi connectivity index (χ1) is 16.8. The molecule has 0 aromatic heterocycles. The van der Waals surface area contributed by atoms with Gasteiger partial charge in [-0.1, -0.05) is 5.16 Å². The Balaban J connectivity index is 1.90. The van der Waals surface area contributed by atoms with Crippen molar-refractivity contribution >= 4 is 29.4 Å². The highest BCUT2D eigenvalue weighted by molar-refractivity contribution is 6.24. The highest BCUT2D eigenvalue weighted by Gasteiger charge is 2.59. The molecule has 11 heteroatoms. The van der Waals surface area contributed by atoms with Crippen LogP contribution < -0.4 is 10.6 Å². The van der Waals surface area contributed by atoms with Crippen molar-refractivity contribution in [3.05, 3.63) is 45.4 Å². The zero-order chi connectivity index (χ0) is 26.7. The summed E-state index contributed by atoms with van der Waals surface area (Å²) in [5.74, 6) is -6.65. The minimum absolute atomic E-state index is 0.0714. The average Bonchev–Trinajstić information content (AvgIpc) is 2.77. The Labute approximate surface area is 207 Å². The molecular weight excluding hydrogens is 470 g/mol. The number of allylic oxidation sites excluding steroid dienone is 2. The summed E-state index contributed by atoms with van der Waals surface area (Å²) in [6.45, 7) is 3.56. The molecule has 0 aliphatic heterocycles. The molecule has 0 heterocycles. The standard InChI is InChI=1S/C25H29N3O8/c1-10(2)36-27-9-12-7-15(28(3)4)14-6-11-5-13-8-16(29)19(24(26)34)23(33)25(13,35)22(32)17(11)21(31)18(14)20(12)30/h7,9-11,13,29-30,32,35H,5-6,8H2,1-4H3,(H2,26,34)/b27-9+/t11-,13+,25+/m1/s1. The van der Waals surface area contributed by atoms with E-state index in [0.29, 0.717) is 11.3 Å². The van der Waals surface area contributed by atoms with Crippen LogP contribution in [0.3, 0.4) is 0 Å². The fourth-order valence-corrected chi connectivity index (χ4v) is 5.39. The number of anilines is 1. The highest BCUT2D eigenvalue weighted by atomic mass is 16.6. The van der Waals surface area contributed by atoms with E-state index in [1.807, 2.05) is 0 Å². The van der Waals surface area contributed by atoms with E-state index >= 15 is 0 Å². The molecular formula is C25H29N3O8. The van der Waals surface area contributed by atoms with Gasteiger partial charge >= 0.3 is 0 Å². The first kappa shape index (κ1) is 25.2. The predicted octanol–water partition coefficient (Wildman–Crippen LogP) is 1.41. The maximum absolute atomic E-state index is 13.7. The number of amides is 1. The first-order valence-electron chi connectivity index (χ1n) is 11.5. The molecule has 3 aliphatic carbocycles. The minimum Gasteiger partial charge on any atom is -0.511 e. The summed E-state index contributed by atoms with van der Waals surface area (Å²) < 4.78 is 0. The van der Waals surface area contributed by atoms with Gasteiger partial charge in [0.2, 0.25) is 5.78 Å². The normalized spacial score (nSPS) is 25.7. The van der Waals surface area contributed by atoms with Crippen LogP contribution in [0.15, 0.2) is 33.9 Å². The molecule has 1 aromatic carbocycles. The second-order valence-electron chi connectivity index (χ2n) is 9.88. The molecule has 4 rings (SSSR count). The van der Waals surface area contributed by atoms with Gasteiger partial charge in [0.15, 0.2) is 11.4 Å². The summed E-state index contributed by atoms with van der Waals surface area (Å²) in [7, 11) is 3.55. The van der Waals surface area contributed by atoms with Gasteiger partial charge in [-0.25, -0.2) is 0 Å². The van der Waals surface area contributed by atoms with Crippen LogP contribution in [0.2, 0.25) is 0 Å². The van der Waals surface area contributed by atoms with Crippen molar-refractivity contribution < 1.29 is 39.6 Å². The Bertz CT molecular complexity index is 1280. The second-order valence-corrected chi connectivity index (χ2v) is 9.88. The molecule has 36 heavy (non-hydrogen) atoms. The number of carbonyl (C=O) groups is 3. The van der Waals surface area contributed by atoms with Crippen molar-refractivity contribution in [1.29, 1.82) is 0 Å². The van der Waals surface area contributed by atoms with Gasteiger partial charge in [-0.3, -0.25) is 14.4 Å². The van der Waals surface area contributed by atoms with Gasteiger partial charge in [0.1, 0.15) is 28.9 Å². The largest absolute Gasteiger partial charge is 0.511 e. The van der Waals surface area contributed by atoms with Crippen LogP contribution in [-0.2, 0) is 20.8 Å². The molecule has 0 radical (unpaired) electrons. The molecule has 0 bridgehead atoms. The molecule has 0 spiro atoms. The molecule has 192 valence electrons. The number of hydrogen-bond donors (Lipinski definition) is 5. The van der Waals surface area contributed by atoms with Crippen molar-refractivity contribution in [3.8, 4) is 5.75 Å². The van der Waals surface area contributed by atoms with E-state index < -0.39 is 52.0 Å². The molecule has 0 fully saturated rings. The SMILES string of the molecule is CC(C)O/N=C/c1cc(N(C)C)c2c(c1O)C(=O)C1=C(O)[C@]3(O)C(=O)C(C(N)=O)=C(O)C[C@@H]3C[C@@H]1C2. The Morgan fingerprint density at radius 3 is 2.50 bits per heavy atom. The lowest BCUT2D eigenvalue weighted by Crippen LogP contribution is -2.57. The van der Waals surface area contributed by atoms with E-state index in [-0.39, 0.29) is 47.8 Å². The van der Waals surface area contributed by atoms with Crippen LogP contribution in [0.1, 0.15) is 48.2 Å². The number of hydrogen-bond acceptors (Lipinski definition) is 10. The molecule has 1 aromatic rings. The number of nitrogens with two attached hydrogens (primary N) is 1. The lowest BCUT2D eigenvalue weighted by Gasteiger charge is -2.45. The van der Waals surface area contributed by atoms with E-state index in [0.717, 1.165) is 0 Å². The van der Waals surface area contributed by atoms with Crippen LogP contribution in [-0.4, -0.2) is 69.9 Å². The fraction of sp³-hybridized carbons (Fsp3) is 0.440. The van der Waals surface area contributed by atoms with Crippen molar-refractivity contribution in [2.24, 2.45) is 22.7 Å². The quantitative estimate of drug-likeness (QED) is 0.227. The molecule has 3 aliphatic rings. The monoisotopic (exact) mass is 499 g/mol. The number of Topliss-reactive ketones (excluding diaryl/α,β-unsaturated/α-hetero) is 2. The van der Waals surface area contributed by atoms with Crippen LogP contribution in [0, 0.1) is 11.8 Å². The van der Waals surface area contributed by atoms with Crippen molar-refractivity contribution in [2.45, 2.75) is 44.8 Å². The van der Waals surface area contributed by atoms with Crippen LogP contribution in [0.5, 0.6) is 5.75 Å². The lowest BCUT2D eigenvalue weighted by molar-refractivity contribution is -0.144. The van der Waals surface area contributed by atoms with Gasteiger partial charge in [0.25, 0.3) is 5.91 Å². The van der Waals surface area contributed by atoms with E-state index in [1.165, 1.54) is 6.21 Å². The molecule has 1 amide bonds. The summed E-state index contributed by atoms with van der Waals surface area (Å²) >= 11 is 0. The molecule has 0 saturated heterocycles. The summed E-state index contributed by atoms with van der Waals surface area (Å²) in [5.41, 5.74) is 2.91. The summed E-state index contributed by atoms with van der Waals surface area (Å²) in [6, 6.07) is 1.67. The topological polar surface area (TPSA) is 183 Å². The number of aliphatic hydroxyl groups excluding tert-OH is 2. The lowest BCUT2D eigenvalue weighted by atomic mass is 9.60. The van der Waals surface area contributed by atoms with Crippen LogP contribution in [0.25, 0.3) is 0 Å². The number of benzene rings is 1. The Hall–Kier alpha value is -3.86. The van der Waals surface area contributed by atoms with Crippen molar-refractivity contribution in [2.75, 3.05) is 19.0 Å².